The summed E-state index contributed by atoms with van der Waals surface area (Å²) in [5.74, 6) is -0.583. The van der Waals surface area contributed by atoms with Crippen molar-refractivity contribution >= 4 is 5.91 Å². The zero-order valence-corrected chi connectivity index (χ0v) is 11.8. The summed E-state index contributed by atoms with van der Waals surface area (Å²) in [6.45, 7) is -1.71. The molecule has 1 aromatic carbocycles. The molecule has 1 atom stereocenters. The van der Waals surface area contributed by atoms with E-state index in [4.69, 9.17) is 4.42 Å². The Hall–Kier alpha value is -2.41. The molecular weight excluding hydrogens is 296 g/mol. The smallest absolute Gasteiger partial charge is 0.387 e. The molecule has 118 valence electrons. The van der Waals surface area contributed by atoms with E-state index in [0.29, 0.717) is 0 Å². The Labute approximate surface area is 125 Å². The van der Waals surface area contributed by atoms with Crippen molar-refractivity contribution in [2.45, 2.75) is 19.1 Å². The lowest BCUT2D eigenvalue weighted by molar-refractivity contribution is -0.0502. The number of ether oxygens (including phenoxy) is 1. The quantitative estimate of drug-likeness (QED) is 0.860. The highest BCUT2D eigenvalue weighted by Crippen LogP contribution is 2.22. The Morgan fingerprint density at radius 1 is 1.36 bits per heavy atom. The van der Waals surface area contributed by atoms with E-state index in [-0.39, 0.29) is 23.6 Å². The van der Waals surface area contributed by atoms with Gasteiger partial charge in [-0.3, -0.25) is 4.79 Å². The number of nitrogens with one attached hydrogen (secondary N) is 1. The maximum atomic E-state index is 12.3. The Kier molecular flexibility index (Phi) is 4.77. The van der Waals surface area contributed by atoms with Gasteiger partial charge in [0.25, 0.3) is 5.91 Å². The number of furan rings is 1. The van der Waals surface area contributed by atoms with E-state index in [1.165, 1.54) is 37.5 Å². The zero-order chi connectivity index (χ0) is 16.2. The average molecular weight is 311 g/mol. The molecule has 0 fully saturated rings. The van der Waals surface area contributed by atoms with Gasteiger partial charge in [-0.05, 0) is 31.2 Å². The SMILES string of the molecule is CC(O)(CNC(=O)c1ccccc1OC(F)F)c1ccco1. The Balaban J connectivity index is 2.07. The highest BCUT2D eigenvalue weighted by Gasteiger charge is 2.27. The minimum atomic E-state index is -3.03. The normalized spacial score (nSPS) is 13.7. The number of amides is 1. The summed E-state index contributed by atoms with van der Waals surface area (Å²) in [4.78, 5) is 12.1. The lowest BCUT2D eigenvalue weighted by atomic mass is 10.0. The van der Waals surface area contributed by atoms with Crippen LogP contribution >= 0.6 is 0 Å². The molecule has 1 amide bonds. The van der Waals surface area contributed by atoms with Crippen molar-refractivity contribution in [1.29, 1.82) is 0 Å². The summed E-state index contributed by atoms with van der Waals surface area (Å²) in [6, 6.07) is 8.81. The third-order valence-electron chi connectivity index (χ3n) is 2.99. The average Bonchev–Trinajstić information content (AvgIpc) is 3.00. The number of para-hydroxylation sites is 1. The molecule has 0 saturated carbocycles. The van der Waals surface area contributed by atoms with E-state index in [2.05, 4.69) is 10.1 Å². The van der Waals surface area contributed by atoms with E-state index in [1.807, 2.05) is 0 Å². The number of benzene rings is 1. The molecule has 0 aliphatic heterocycles. The van der Waals surface area contributed by atoms with Gasteiger partial charge >= 0.3 is 6.61 Å². The first-order valence-corrected chi connectivity index (χ1v) is 6.48. The van der Waals surface area contributed by atoms with Crippen LogP contribution in [-0.4, -0.2) is 24.2 Å². The maximum Gasteiger partial charge on any atom is 0.387 e. The van der Waals surface area contributed by atoms with Gasteiger partial charge in [-0.2, -0.15) is 8.78 Å². The van der Waals surface area contributed by atoms with Crippen LogP contribution in [0.1, 0.15) is 23.0 Å². The van der Waals surface area contributed by atoms with E-state index in [1.54, 1.807) is 12.1 Å². The predicted molar refractivity (Wildman–Crippen MR) is 73.7 cm³/mol. The fourth-order valence-corrected chi connectivity index (χ4v) is 1.87. The summed E-state index contributed by atoms with van der Waals surface area (Å²) >= 11 is 0. The molecule has 0 aliphatic rings. The van der Waals surface area contributed by atoms with Crippen LogP contribution in [-0.2, 0) is 5.60 Å². The highest BCUT2D eigenvalue weighted by atomic mass is 19.3. The Morgan fingerprint density at radius 3 is 2.73 bits per heavy atom. The second-order valence-electron chi connectivity index (χ2n) is 4.81. The van der Waals surface area contributed by atoms with Crippen molar-refractivity contribution in [2.24, 2.45) is 0 Å². The van der Waals surface area contributed by atoms with Crippen LogP contribution in [0.5, 0.6) is 5.75 Å². The molecule has 0 saturated heterocycles. The Bertz CT molecular complexity index is 626. The number of carbonyl (C=O) groups excluding carboxylic acids is 1. The lowest BCUT2D eigenvalue weighted by Crippen LogP contribution is -2.38. The van der Waals surface area contributed by atoms with E-state index in [0.717, 1.165) is 0 Å². The minimum Gasteiger partial charge on any atom is -0.466 e. The predicted octanol–water partition coefficient (Wildman–Crippen LogP) is 2.52. The fourth-order valence-electron chi connectivity index (χ4n) is 1.87. The number of hydrogen-bond donors (Lipinski definition) is 2. The molecule has 0 radical (unpaired) electrons. The first kappa shape index (κ1) is 16.0. The summed E-state index contributed by atoms with van der Waals surface area (Å²) in [5.41, 5.74) is -1.46. The molecule has 2 rings (SSSR count). The fraction of sp³-hybridized carbons (Fsp3) is 0.267. The van der Waals surface area contributed by atoms with E-state index >= 15 is 0 Å². The van der Waals surface area contributed by atoms with Gasteiger partial charge in [0.2, 0.25) is 0 Å². The van der Waals surface area contributed by atoms with Crippen molar-refractivity contribution < 1.29 is 27.8 Å². The largest absolute Gasteiger partial charge is 0.466 e. The molecule has 2 N–H and O–H groups in total. The minimum absolute atomic E-state index is 0.0435. The van der Waals surface area contributed by atoms with Crippen LogP contribution in [0.25, 0.3) is 0 Å². The van der Waals surface area contributed by atoms with Crippen LogP contribution < -0.4 is 10.1 Å². The van der Waals surface area contributed by atoms with Crippen molar-refractivity contribution in [3.05, 3.63) is 54.0 Å². The van der Waals surface area contributed by atoms with E-state index in [9.17, 15) is 18.7 Å². The zero-order valence-electron chi connectivity index (χ0n) is 11.8. The van der Waals surface area contributed by atoms with Gasteiger partial charge in [-0.15, -0.1) is 0 Å². The summed E-state index contributed by atoms with van der Waals surface area (Å²) in [6.07, 6.45) is 1.40. The van der Waals surface area contributed by atoms with Gasteiger partial charge < -0.3 is 19.6 Å². The molecule has 1 unspecified atom stereocenters. The number of carbonyl (C=O) groups is 1. The molecule has 0 aliphatic carbocycles. The third-order valence-corrected chi connectivity index (χ3v) is 2.99. The number of halogens is 2. The molecular formula is C15H15F2NO4. The van der Waals surface area contributed by atoms with Gasteiger partial charge in [-0.25, -0.2) is 0 Å². The lowest BCUT2D eigenvalue weighted by Gasteiger charge is -2.21. The van der Waals surface area contributed by atoms with Crippen molar-refractivity contribution in [2.75, 3.05) is 6.54 Å². The topological polar surface area (TPSA) is 71.7 Å². The molecule has 7 heteroatoms. The van der Waals surface area contributed by atoms with Gasteiger partial charge in [0.05, 0.1) is 18.4 Å². The maximum absolute atomic E-state index is 12.3. The first-order valence-electron chi connectivity index (χ1n) is 6.48. The summed E-state index contributed by atoms with van der Waals surface area (Å²) in [5, 5.41) is 12.7. The second-order valence-corrected chi connectivity index (χ2v) is 4.81. The molecule has 5 nitrogen and oxygen atoms in total. The van der Waals surface area contributed by atoms with Crippen LogP contribution in [0.2, 0.25) is 0 Å². The molecule has 22 heavy (non-hydrogen) atoms. The number of alkyl halides is 2. The highest BCUT2D eigenvalue weighted by molar-refractivity contribution is 5.96. The van der Waals surface area contributed by atoms with Gasteiger partial charge in [-0.1, -0.05) is 12.1 Å². The molecule has 1 heterocycles. The van der Waals surface area contributed by atoms with Crippen molar-refractivity contribution in [3.8, 4) is 5.75 Å². The van der Waals surface area contributed by atoms with Gasteiger partial charge in [0.1, 0.15) is 17.1 Å². The second kappa shape index (κ2) is 6.57. The van der Waals surface area contributed by atoms with Gasteiger partial charge in [0, 0.05) is 0 Å². The molecule has 0 bridgehead atoms. The number of rotatable bonds is 6. The van der Waals surface area contributed by atoms with Crippen LogP contribution in [0.3, 0.4) is 0 Å². The summed E-state index contributed by atoms with van der Waals surface area (Å²) < 4.78 is 34.0. The monoisotopic (exact) mass is 311 g/mol. The Morgan fingerprint density at radius 2 is 2.09 bits per heavy atom. The number of hydrogen-bond acceptors (Lipinski definition) is 4. The molecule has 2 aromatic rings. The molecule has 1 aromatic heterocycles. The van der Waals surface area contributed by atoms with E-state index < -0.39 is 18.1 Å². The third kappa shape index (κ3) is 3.82. The number of aliphatic hydroxyl groups is 1. The summed E-state index contributed by atoms with van der Waals surface area (Å²) in [7, 11) is 0. The van der Waals surface area contributed by atoms with Gasteiger partial charge in [0.15, 0.2) is 0 Å². The van der Waals surface area contributed by atoms with Crippen molar-refractivity contribution in [3.63, 3.8) is 0 Å². The first-order chi connectivity index (χ1) is 10.4. The van der Waals surface area contributed by atoms with Crippen LogP contribution in [0.4, 0.5) is 8.78 Å². The van der Waals surface area contributed by atoms with Crippen LogP contribution in [0.15, 0.2) is 47.1 Å². The molecule has 0 spiro atoms. The van der Waals surface area contributed by atoms with Crippen LogP contribution in [0, 0.1) is 0 Å². The standard InChI is InChI=1S/C15H15F2NO4/c1-15(20,12-7-4-8-21-12)9-18-13(19)10-5-2-3-6-11(10)22-14(16)17/h2-8,14,20H,9H2,1H3,(H,18,19). The van der Waals surface area contributed by atoms with Crippen molar-refractivity contribution in [1.82, 2.24) is 5.32 Å².